The van der Waals surface area contributed by atoms with Gasteiger partial charge in [0.2, 0.25) is 16.9 Å². The van der Waals surface area contributed by atoms with Crippen molar-refractivity contribution >= 4 is 34.1 Å². The molecule has 206 valence electrons. The molecule has 0 bridgehead atoms. The zero-order chi connectivity index (χ0) is 28.4. The number of likely N-dealkylation sites (N-methyl/N-ethyl adjacent to an activating group) is 1. The molecular weight excluding hydrogens is 508 g/mol. The molecule has 8 nitrogen and oxygen atoms in total. The number of nitrogens with zero attached hydrogens (tertiary/aromatic N) is 5. The summed E-state index contributed by atoms with van der Waals surface area (Å²) in [4.78, 5) is 26.7. The number of unbranched alkanes of at least 4 members (excludes halogenated alkanes) is 1. The lowest BCUT2D eigenvalue weighted by atomic mass is 10.0. The number of allylic oxidation sites excluding steroid dienone is 3. The fraction of sp³-hybridized carbons (Fsp3) is 0.400. The monoisotopic (exact) mass is 546 g/mol. The SMILES string of the molecule is C/C=C(\C=C(C)C)CC(=O)Nc1ccc(CCCCc2nnc(N(C)C(=O)Cc3cc(C)cc(C)c3)s2)nn1. The summed E-state index contributed by atoms with van der Waals surface area (Å²) in [6, 6.07) is 9.88. The summed E-state index contributed by atoms with van der Waals surface area (Å²) in [5.74, 6) is 0.335. The van der Waals surface area contributed by atoms with Gasteiger partial charge >= 0.3 is 0 Å². The Balaban J connectivity index is 1.41. The molecule has 0 atom stereocenters. The van der Waals surface area contributed by atoms with Crippen molar-refractivity contribution in [2.24, 2.45) is 0 Å². The lowest BCUT2D eigenvalue weighted by Crippen LogP contribution is -2.27. The molecule has 2 heterocycles. The van der Waals surface area contributed by atoms with Crippen LogP contribution in [0, 0.1) is 13.8 Å². The molecule has 1 aromatic carbocycles. The van der Waals surface area contributed by atoms with Crippen LogP contribution in [-0.2, 0) is 28.9 Å². The van der Waals surface area contributed by atoms with E-state index in [2.05, 4.69) is 31.8 Å². The molecule has 0 unspecified atom stereocenters. The van der Waals surface area contributed by atoms with Crippen LogP contribution in [-0.4, -0.2) is 39.3 Å². The van der Waals surface area contributed by atoms with Gasteiger partial charge in [-0.15, -0.1) is 15.3 Å². The molecule has 0 radical (unpaired) electrons. The van der Waals surface area contributed by atoms with Crippen LogP contribution in [0.1, 0.15) is 67.4 Å². The van der Waals surface area contributed by atoms with E-state index in [4.69, 9.17) is 0 Å². The summed E-state index contributed by atoms with van der Waals surface area (Å²) in [7, 11) is 1.75. The maximum Gasteiger partial charge on any atom is 0.232 e. The third-order valence-electron chi connectivity index (χ3n) is 6.02. The predicted octanol–water partition coefficient (Wildman–Crippen LogP) is 5.96. The minimum Gasteiger partial charge on any atom is -0.309 e. The van der Waals surface area contributed by atoms with Gasteiger partial charge in [-0.25, -0.2) is 0 Å². The molecule has 0 fully saturated rings. The van der Waals surface area contributed by atoms with E-state index in [-0.39, 0.29) is 11.8 Å². The normalized spacial score (nSPS) is 11.3. The molecule has 1 N–H and O–H groups in total. The average Bonchev–Trinajstić information content (AvgIpc) is 3.34. The molecule has 9 heteroatoms. The quantitative estimate of drug-likeness (QED) is 0.222. The largest absolute Gasteiger partial charge is 0.309 e. The highest BCUT2D eigenvalue weighted by Gasteiger charge is 2.16. The van der Waals surface area contributed by atoms with Crippen LogP contribution in [0.15, 0.2) is 53.6 Å². The second kappa shape index (κ2) is 14.4. The fourth-order valence-corrected chi connectivity index (χ4v) is 5.03. The Morgan fingerprint density at radius 3 is 2.33 bits per heavy atom. The number of amides is 2. The summed E-state index contributed by atoms with van der Waals surface area (Å²) >= 11 is 1.46. The summed E-state index contributed by atoms with van der Waals surface area (Å²) in [5.41, 5.74) is 6.31. The zero-order valence-corrected chi connectivity index (χ0v) is 24.6. The maximum absolute atomic E-state index is 12.8. The number of benzene rings is 1. The summed E-state index contributed by atoms with van der Waals surface area (Å²) in [6.45, 7) is 10.0. The first kappa shape index (κ1) is 29.8. The van der Waals surface area contributed by atoms with E-state index in [1.807, 2.05) is 65.0 Å². The van der Waals surface area contributed by atoms with Crippen LogP contribution < -0.4 is 10.2 Å². The highest BCUT2D eigenvalue weighted by Crippen LogP contribution is 2.22. The molecule has 39 heavy (non-hydrogen) atoms. The van der Waals surface area contributed by atoms with E-state index in [1.165, 1.54) is 11.3 Å². The molecule has 0 saturated heterocycles. The molecule has 2 aromatic heterocycles. The number of hydrogen-bond acceptors (Lipinski definition) is 7. The van der Waals surface area contributed by atoms with Crippen molar-refractivity contribution in [1.29, 1.82) is 0 Å². The van der Waals surface area contributed by atoms with E-state index in [0.717, 1.165) is 64.2 Å². The molecule has 0 spiro atoms. The van der Waals surface area contributed by atoms with Gasteiger partial charge < -0.3 is 5.32 Å². The van der Waals surface area contributed by atoms with E-state index < -0.39 is 0 Å². The van der Waals surface area contributed by atoms with Gasteiger partial charge in [0.05, 0.1) is 18.5 Å². The second-order valence-corrected chi connectivity index (χ2v) is 11.1. The van der Waals surface area contributed by atoms with Crippen molar-refractivity contribution in [2.75, 3.05) is 17.3 Å². The highest BCUT2D eigenvalue weighted by atomic mass is 32.1. The summed E-state index contributed by atoms with van der Waals surface area (Å²) in [5, 5.41) is 21.3. The Morgan fingerprint density at radius 2 is 1.69 bits per heavy atom. The Morgan fingerprint density at radius 1 is 0.974 bits per heavy atom. The number of aryl methyl sites for hydroxylation is 4. The lowest BCUT2D eigenvalue weighted by molar-refractivity contribution is -0.118. The average molecular weight is 547 g/mol. The Labute approximate surface area is 235 Å². The van der Waals surface area contributed by atoms with Crippen LogP contribution in [0.4, 0.5) is 10.9 Å². The van der Waals surface area contributed by atoms with Crippen molar-refractivity contribution in [1.82, 2.24) is 20.4 Å². The van der Waals surface area contributed by atoms with Crippen LogP contribution in [0.3, 0.4) is 0 Å². The van der Waals surface area contributed by atoms with Crippen molar-refractivity contribution in [3.05, 3.63) is 81.0 Å². The Hall–Kier alpha value is -3.72. The van der Waals surface area contributed by atoms with E-state index >= 15 is 0 Å². The number of anilines is 2. The van der Waals surface area contributed by atoms with Crippen molar-refractivity contribution in [2.45, 2.75) is 73.1 Å². The van der Waals surface area contributed by atoms with Gasteiger partial charge in [0.1, 0.15) is 5.01 Å². The number of carbonyl (C=O) groups excluding carboxylic acids is 2. The first-order chi connectivity index (χ1) is 18.6. The van der Waals surface area contributed by atoms with Crippen molar-refractivity contribution < 1.29 is 9.59 Å². The smallest absolute Gasteiger partial charge is 0.232 e. The lowest BCUT2D eigenvalue weighted by Gasteiger charge is -2.13. The third kappa shape index (κ3) is 9.83. The summed E-state index contributed by atoms with van der Waals surface area (Å²) < 4.78 is 0. The number of carbonyl (C=O) groups is 2. The molecule has 0 aliphatic heterocycles. The number of hydrogen-bond donors (Lipinski definition) is 1. The predicted molar refractivity (Wildman–Crippen MR) is 158 cm³/mol. The first-order valence-corrected chi connectivity index (χ1v) is 14.0. The van der Waals surface area contributed by atoms with Crippen LogP contribution >= 0.6 is 11.3 Å². The minimum atomic E-state index is -0.114. The van der Waals surface area contributed by atoms with Crippen LogP contribution in [0.5, 0.6) is 0 Å². The standard InChI is InChI=1S/C30H38N6O2S/c1-7-23(14-20(2)3)18-27(37)31-26-13-12-25(32-33-26)10-8-9-11-28-34-35-30(39-28)36(6)29(38)19-24-16-21(4)15-22(5)17-24/h7,12-17H,8-11,18-19H2,1-6H3,(H,31,33,37)/b23-7+. The van der Waals surface area contributed by atoms with Gasteiger partial charge in [0.15, 0.2) is 5.82 Å². The molecule has 2 amide bonds. The minimum absolute atomic E-state index is 0.00364. The number of aromatic nitrogens is 4. The summed E-state index contributed by atoms with van der Waals surface area (Å²) in [6.07, 6.45) is 7.99. The van der Waals surface area contributed by atoms with Crippen LogP contribution in [0.2, 0.25) is 0 Å². The third-order valence-corrected chi connectivity index (χ3v) is 7.08. The van der Waals surface area contributed by atoms with Gasteiger partial charge in [0, 0.05) is 13.5 Å². The molecule has 0 aliphatic rings. The fourth-order valence-electron chi connectivity index (χ4n) is 4.17. The van der Waals surface area contributed by atoms with Crippen LogP contribution in [0.25, 0.3) is 0 Å². The molecule has 3 aromatic rings. The molecule has 0 saturated carbocycles. The maximum atomic E-state index is 12.8. The highest BCUT2D eigenvalue weighted by molar-refractivity contribution is 7.15. The van der Waals surface area contributed by atoms with E-state index in [9.17, 15) is 9.59 Å². The Bertz CT molecular complexity index is 1320. The molecule has 3 rings (SSSR count). The van der Waals surface area contributed by atoms with Gasteiger partial charge in [0.25, 0.3) is 0 Å². The Kier molecular flexibility index (Phi) is 11.0. The van der Waals surface area contributed by atoms with Crippen molar-refractivity contribution in [3.8, 4) is 0 Å². The van der Waals surface area contributed by atoms with Crippen molar-refractivity contribution in [3.63, 3.8) is 0 Å². The molecular formula is C30H38N6O2S. The first-order valence-electron chi connectivity index (χ1n) is 13.2. The molecule has 0 aliphatic carbocycles. The van der Waals surface area contributed by atoms with Gasteiger partial charge in [-0.05, 0) is 77.2 Å². The van der Waals surface area contributed by atoms with Gasteiger partial charge in [-0.2, -0.15) is 5.10 Å². The van der Waals surface area contributed by atoms with Gasteiger partial charge in [-0.1, -0.05) is 58.4 Å². The topological polar surface area (TPSA) is 101 Å². The second-order valence-electron chi connectivity index (χ2n) is 10.0. The number of nitrogens with one attached hydrogen (secondary N) is 1. The van der Waals surface area contributed by atoms with E-state index in [0.29, 0.717) is 23.8 Å². The number of rotatable bonds is 12. The van der Waals surface area contributed by atoms with Gasteiger partial charge in [-0.3, -0.25) is 14.5 Å². The van der Waals surface area contributed by atoms with E-state index in [1.54, 1.807) is 18.0 Å². The zero-order valence-electron chi connectivity index (χ0n) is 23.7.